The summed E-state index contributed by atoms with van der Waals surface area (Å²) >= 11 is 0. The summed E-state index contributed by atoms with van der Waals surface area (Å²) in [7, 11) is 0. The van der Waals surface area contributed by atoms with Gasteiger partial charge in [-0.2, -0.15) is 0 Å². The van der Waals surface area contributed by atoms with Gasteiger partial charge in [-0.3, -0.25) is 29.4 Å². The molecule has 1 aliphatic carbocycles. The van der Waals surface area contributed by atoms with Crippen molar-refractivity contribution < 1.29 is 19.2 Å². The van der Waals surface area contributed by atoms with Crippen molar-refractivity contribution in [2.45, 2.75) is 62.9 Å². The molecule has 3 aliphatic heterocycles. The van der Waals surface area contributed by atoms with E-state index in [-0.39, 0.29) is 18.7 Å². The van der Waals surface area contributed by atoms with Crippen molar-refractivity contribution in [3.05, 3.63) is 34.9 Å². The largest absolute Gasteiger partial charge is 0.300 e. The lowest BCUT2D eigenvalue weighted by atomic mass is 9.84. The van der Waals surface area contributed by atoms with Crippen LogP contribution in [0.25, 0.3) is 0 Å². The zero-order chi connectivity index (χ0) is 20.1. The number of imide groups is 2. The molecule has 0 bridgehead atoms. The summed E-state index contributed by atoms with van der Waals surface area (Å²) in [6, 6.07) is 5.40. The lowest BCUT2D eigenvalue weighted by Gasteiger charge is -2.42. The molecule has 7 nitrogen and oxygen atoms in total. The van der Waals surface area contributed by atoms with Crippen LogP contribution in [0, 0.1) is 0 Å². The molecule has 0 spiro atoms. The molecule has 2 saturated heterocycles. The highest BCUT2D eigenvalue weighted by Crippen LogP contribution is 2.35. The minimum Gasteiger partial charge on any atom is -0.300 e. The van der Waals surface area contributed by atoms with Gasteiger partial charge in [-0.05, 0) is 68.8 Å². The minimum atomic E-state index is -0.908. The molecule has 4 amide bonds. The van der Waals surface area contributed by atoms with E-state index in [0.29, 0.717) is 17.0 Å². The fourth-order valence-electron chi connectivity index (χ4n) is 5.09. The molecule has 152 valence electrons. The maximum atomic E-state index is 13.0. The van der Waals surface area contributed by atoms with Gasteiger partial charge in [0.25, 0.3) is 11.8 Å². The molecular weight excluding hydrogens is 370 g/mol. The number of likely N-dealkylation sites (tertiary alicyclic amines) is 1. The Morgan fingerprint density at radius 1 is 0.862 bits per heavy atom. The van der Waals surface area contributed by atoms with E-state index in [0.717, 1.165) is 42.4 Å². The van der Waals surface area contributed by atoms with E-state index >= 15 is 0 Å². The Labute approximate surface area is 169 Å². The van der Waals surface area contributed by atoms with E-state index in [9.17, 15) is 19.2 Å². The van der Waals surface area contributed by atoms with Crippen molar-refractivity contribution in [2.75, 3.05) is 13.1 Å². The van der Waals surface area contributed by atoms with E-state index in [1.165, 1.54) is 19.3 Å². The number of nitrogens with zero attached hydrogens (tertiary/aromatic N) is 2. The number of amides is 4. The highest BCUT2D eigenvalue weighted by Gasteiger charge is 2.44. The number of carbonyl (C=O) groups excluding carboxylic acids is 4. The third-order valence-corrected chi connectivity index (χ3v) is 7.06. The highest BCUT2D eigenvalue weighted by atomic mass is 16.2. The van der Waals surface area contributed by atoms with Crippen LogP contribution in [0.3, 0.4) is 0 Å². The summed E-state index contributed by atoms with van der Waals surface area (Å²) in [5.74, 6) is -1.40. The van der Waals surface area contributed by atoms with Gasteiger partial charge < -0.3 is 4.90 Å². The smallest absolute Gasteiger partial charge is 0.262 e. The Morgan fingerprint density at radius 2 is 1.59 bits per heavy atom. The average molecular weight is 395 g/mol. The average Bonchev–Trinajstić information content (AvgIpc) is 2.92. The van der Waals surface area contributed by atoms with Crippen molar-refractivity contribution in [3.63, 3.8) is 0 Å². The molecule has 3 fully saturated rings. The van der Waals surface area contributed by atoms with Crippen molar-refractivity contribution in [1.82, 2.24) is 15.1 Å². The van der Waals surface area contributed by atoms with Crippen LogP contribution in [0.15, 0.2) is 18.2 Å². The topological polar surface area (TPSA) is 86.8 Å². The van der Waals surface area contributed by atoms with E-state index < -0.39 is 23.8 Å². The second kappa shape index (κ2) is 7.06. The van der Waals surface area contributed by atoms with Gasteiger partial charge >= 0.3 is 0 Å². The first-order valence-electron chi connectivity index (χ1n) is 10.6. The number of rotatable bonds is 3. The standard InChI is InChI=1S/C22H25N3O4/c26-19-7-6-18(20(27)23-19)25-21(28)16-5-4-14(12-17(16)22(25)29)13-8-10-24(11-9-13)15-2-1-3-15/h4-5,12-13,15,18H,1-3,6-11H2,(H,23,26,27). The molecule has 1 unspecified atom stereocenters. The first kappa shape index (κ1) is 18.5. The van der Waals surface area contributed by atoms with Crippen molar-refractivity contribution in [3.8, 4) is 0 Å². The van der Waals surface area contributed by atoms with Crippen LogP contribution in [0.5, 0.6) is 0 Å². The van der Waals surface area contributed by atoms with Gasteiger partial charge in [0.2, 0.25) is 11.8 Å². The quantitative estimate of drug-likeness (QED) is 0.789. The molecule has 0 radical (unpaired) electrons. The number of fused-ring (bicyclic) bond motifs is 1. The number of nitrogens with one attached hydrogen (secondary N) is 1. The zero-order valence-electron chi connectivity index (χ0n) is 16.4. The fourth-order valence-corrected chi connectivity index (χ4v) is 5.09. The summed E-state index contributed by atoms with van der Waals surface area (Å²) in [6.45, 7) is 2.17. The predicted octanol–water partition coefficient (Wildman–Crippen LogP) is 1.82. The van der Waals surface area contributed by atoms with E-state index in [4.69, 9.17) is 0 Å². The van der Waals surface area contributed by atoms with Crippen LogP contribution in [-0.2, 0) is 9.59 Å². The lowest BCUT2D eigenvalue weighted by molar-refractivity contribution is -0.136. The van der Waals surface area contributed by atoms with Crippen LogP contribution in [-0.4, -0.2) is 58.6 Å². The van der Waals surface area contributed by atoms with Crippen LogP contribution in [0.4, 0.5) is 0 Å². The molecule has 1 atom stereocenters. The summed E-state index contributed by atoms with van der Waals surface area (Å²) < 4.78 is 0. The van der Waals surface area contributed by atoms with Crippen molar-refractivity contribution in [2.24, 2.45) is 0 Å². The molecule has 5 rings (SSSR count). The maximum absolute atomic E-state index is 13.0. The second-order valence-corrected chi connectivity index (χ2v) is 8.65. The summed E-state index contributed by atoms with van der Waals surface area (Å²) in [5.41, 5.74) is 1.84. The molecule has 1 aromatic rings. The lowest BCUT2D eigenvalue weighted by Crippen LogP contribution is -2.54. The van der Waals surface area contributed by atoms with E-state index in [2.05, 4.69) is 10.2 Å². The van der Waals surface area contributed by atoms with Crippen LogP contribution in [0.1, 0.15) is 77.1 Å². The van der Waals surface area contributed by atoms with Gasteiger partial charge in [-0.25, -0.2) is 0 Å². The van der Waals surface area contributed by atoms with Crippen LogP contribution >= 0.6 is 0 Å². The molecule has 4 aliphatic rings. The fraction of sp³-hybridized carbons (Fsp3) is 0.545. The van der Waals surface area contributed by atoms with Crippen LogP contribution < -0.4 is 5.32 Å². The Balaban J connectivity index is 1.33. The van der Waals surface area contributed by atoms with Gasteiger partial charge in [0.1, 0.15) is 6.04 Å². The maximum Gasteiger partial charge on any atom is 0.262 e. The molecule has 7 heteroatoms. The Bertz CT molecular complexity index is 899. The van der Waals surface area contributed by atoms with Gasteiger partial charge in [-0.1, -0.05) is 12.5 Å². The van der Waals surface area contributed by atoms with Gasteiger partial charge in [0.05, 0.1) is 11.1 Å². The Morgan fingerprint density at radius 3 is 2.24 bits per heavy atom. The van der Waals surface area contributed by atoms with Crippen LogP contribution in [0.2, 0.25) is 0 Å². The third kappa shape index (κ3) is 3.08. The SMILES string of the molecule is O=C1CCC(N2C(=O)c3ccc(C4CCN(C5CCC5)CC4)cc3C2=O)C(=O)N1. The van der Waals surface area contributed by atoms with Gasteiger partial charge in [-0.15, -0.1) is 0 Å². The molecule has 1 aromatic carbocycles. The zero-order valence-corrected chi connectivity index (χ0v) is 16.4. The van der Waals surface area contributed by atoms with Gasteiger partial charge in [0, 0.05) is 12.5 Å². The number of hydrogen-bond donors (Lipinski definition) is 1. The third-order valence-electron chi connectivity index (χ3n) is 7.06. The van der Waals surface area contributed by atoms with Crippen molar-refractivity contribution in [1.29, 1.82) is 0 Å². The predicted molar refractivity (Wildman–Crippen MR) is 104 cm³/mol. The number of piperidine rings is 2. The van der Waals surface area contributed by atoms with Crippen molar-refractivity contribution >= 4 is 23.6 Å². The second-order valence-electron chi connectivity index (χ2n) is 8.65. The number of hydrogen-bond acceptors (Lipinski definition) is 5. The first-order chi connectivity index (χ1) is 14.0. The summed E-state index contributed by atoms with van der Waals surface area (Å²) in [6.07, 6.45) is 6.42. The molecule has 1 N–H and O–H groups in total. The first-order valence-corrected chi connectivity index (χ1v) is 10.6. The normalized spacial score (nSPS) is 26.5. The molecule has 0 aromatic heterocycles. The molecule has 1 saturated carbocycles. The van der Waals surface area contributed by atoms with E-state index in [1.54, 1.807) is 6.07 Å². The Hall–Kier alpha value is -2.54. The van der Waals surface area contributed by atoms with E-state index in [1.807, 2.05) is 12.1 Å². The van der Waals surface area contributed by atoms with Gasteiger partial charge in [0.15, 0.2) is 0 Å². The Kier molecular flexibility index (Phi) is 4.50. The highest BCUT2D eigenvalue weighted by molar-refractivity contribution is 6.23. The monoisotopic (exact) mass is 395 g/mol. The summed E-state index contributed by atoms with van der Waals surface area (Å²) in [4.78, 5) is 53.0. The summed E-state index contributed by atoms with van der Waals surface area (Å²) in [5, 5.41) is 2.23. The number of carbonyl (C=O) groups is 4. The number of benzene rings is 1. The molecule has 29 heavy (non-hydrogen) atoms. The molecule has 3 heterocycles. The molecular formula is C22H25N3O4. The minimum absolute atomic E-state index is 0.134.